The van der Waals surface area contributed by atoms with Gasteiger partial charge < -0.3 is 5.32 Å². The molecule has 2 aromatic heterocycles. The van der Waals surface area contributed by atoms with Crippen molar-refractivity contribution in [2.24, 2.45) is 0 Å². The first-order valence-corrected chi connectivity index (χ1v) is 7.80. The fourth-order valence-corrected chi connectivity index (χ4v) is 2.48. The number of halogens is 2. The lowest BCUT2D eigenvalue weighted by Gasteiger charge is -2.19. The van der Waals surface area contributed by atoms with Crippen LogP contribution in [0.25, 0.3) is 0 Å². The molecule has 22 heavy (non-hydrogen) atoms. The van der Waals surface area contributed by atoms with E-state index < -0.39 is 0 Å². The third-order valence-corrected chi connectivity index (χ3v) is 3.70. The zero-order valence-corrected chi connectivity index (χ0v) is 13.8. The molecule has 0 spiro atoms. The van der Waals surface area contributed by atoms with Gasteiger partial charge in [0.05, 0.1) is 16.2 Å². The Kier molecular flexibility index (Phi) is 4.65. The van der Waals surface area contributed by atoms with Crippen LogP contribution in [0, 0.1) is 0 Å². The van der Waals surface area contributed by atoms with Gasteiger partial charge in [-0.2, -0.15) is 0 Å². The highest BCUT2D eigenvalue weighted by molar-refractivity contribution is 9.10. The standard InChI is InChI=1S/C16H12BrClN4/c17-12-9-20-16(21-10-12)22-15(14-6-1-2-7-19-14)11-4-3-5-13(18)8-11/h1-10,15H,(H,20,21,22). The van der Waals surface area contributed by atoms with Crippen LogP contribution in [0.3, 0.4) is 0 Å². The van der Waals surface area contributed by atoms with Gasteiger partial charge in [-0.25, -0.2) is 9.97 Å². The summed E-state index contributed by atoms with van der Waals surface area (Å²) in [5.41, 5.74) is 1.87. The average Bonchev–Trinajstić information content (AvgIpc) is 2.55. The Morgan fingerprint density at radius 2 is 1.82 bits per heavy atom. The lowest BCUT2D eigenvalue weighted by molar-refractivity contribution is 0.865. The molecule has 6 heteroatoms. The van der Waals surface area contributed by atoms with Crippen LogP contribution in [0.1, 0.15) is 17.3 Å². The molecule has 1 atom stereocenters. The molecule has 0 aliphatic rings. The average molecular weight is 376 g/mol. The van der Waals surface area contributed by atoms with Gasteiger partial charge in [-0.15, -0.1) is 0 Å². The van der Waals surface area contributed by atoms with Crippen molar-refractivity contribution in [3.05, 3.63) is 81.8 Å². The van der Waals surface area contributed by atoms with Crippen molar-refractivity contribution in [2.75, 3.05) is 5.32 Å². The molecule has 1 aromatic carbocycles. The van der Waals surface area contributed by atoms with Gasteiger partial charge in [-0.05, 0) is 45.8 Å². The second kappa shape index (κ2) is 6.85. The van der Waals surface area contributed by atoms with Crippen molar-refractivity contribution >= 4 is 33.5 Å². The fraction of sp³-hybridized carbons (Fsp3) is 0.0625. The summed E-state index contributed by atoms with van der Waals surface area (Å²) in [5.74, 6) is 0.527. The van der Waals surface area contributed by atoms with Crippen LogP contribution in [0.2, 0.25) is 5.02 Å². The summed E-state index contributed by atoms with van der Waals surface area (Å²) in [6.07, 6.45) is 5.16. The van der Waals surface area contributed by atoms with Gasteiger partial charge in [0, 0.05) is 23.6 Å². The number of benzene rings is 1. The second-order valence-electron chi connectivity index (χ2n) is 4.61. The predicted molar refractivity (Wildman–Crippen MR) is 90.9 cm³/mol. The third kappa shape index (κ3) is 3.61. The quantitative estimate of drug-likeness (QED) is 0.730. The van der Waals surface area contributed by atoms with Crippen LogP contribution in [0.15, 0.2) is 65.5 Å². The van der Waals surface area contributed by atoms with E-state index in [1.54, 1.807) is 18.6 Å². The molecular formula is C16H12BrClN4. The van der Waals surface area contributed by atoms with Gasteiger partial charge in [-0.3, -0.25) is 4.98 Å². The highest BCUT2D eigenvalue weighted by Crippen LogP contribution is 2.26. The number of nitrogens with one attached hydrogen (secondary N) is 1. The SMILES string of the molecule is Clc1cccc(C(Nc2ncc(Br)cn2)c2ccccn2)c1. The first-order chi connectivity index (χ1) is 10.7. The van der Waals surface area contributed by atoms with Crippen molar-refractivity contribution < 1.29 is 0 Å². The number of pyridine rings is 1. The molecule has 0 saturated carbocycles. The summed E-state index contributed by atoms with van der Waals surface area (Å²) < 4.78 is 0.829. The minimum atomic E-state index is -0.180. The predicted octanol–water partition coefficient (Wildman–Crippen LogP) is 4.49. The van der Waals surface area contributed by atoms with Gasteiger partial charge in [0.25, 0.3) is 0 Å². The monoisotopic (exact) mass is 374 g/mol. The van der Waals surface area contributed by atoms with Crippen molar-refractivity contribution in [3.8, 4) is 0 Å². The molecule has 0 radical (unpaired) electrons. The summed E-state index contributed by atoms with van der Waals surface area (Å²) in [6.45, 7) is 0. The molecule has 110 valence electrons. The number of anilines is 1. The van der Waals surface area contributed by atoms with Crippen LogP contribution in [-0.4, -0.2) is 15.0 Å². The van der Waals surface area contributed by atoms with Crippen molar-refractivity contribution in [3.63, 3.8) is 0 Å². The van der Waals surface area contributed by atoms with Crippen molar-refractivity contribution in [2.45, 2.75) is 6.04 Å². The third-order valence-electron chi connectivity index (χ3n) is 3.06. The normalized spacial score (nSPS) is 11.9. The van der Waals surface area contributed by atoms with E-state index >= 15 is 0 Å². The highest BCUT2D eigenvalue weighted by atomic mass is 79.9. The Balaban J connectivity index is 1.98. The maximum absolute atomic E-state index is 6.11. The molecule has 3 rings (SSSR count). The van der Waals surface area contributed by atoms with E-state index in [1.165, 1.54) is 0 Å². The van der Waals surface area contributed by atoms with Crippen LogP contribution in [-0.2, 0) is 0 Å². The van der Waals surface area contributed by atoms with E-state index in [2.05, 4.69) is 36.2 Å². The molecule has 0 bridgehead atoms. The largest absolute Gasteiger partial charge is 0.342 e. The molecule has 0 fully saturated rings. The van der Waals surface area contributed by atoms with Gasteiger partial charge in [0.15, 0.2) is 0 Å². The molecule has 1 unspecified atom stereocenters. The molecule has 0 aliphatic heterocycles. The summed E-state index contributed by atoms with van der Waals surface area (Å²) >= 11 is 9.44. The number of hydrogen-bond acceptors (Lipinski definition) is 4. The first-order valence-electron chi connectivity index (χ1n) is 6.63. The second-order valence-corrected chi connectivity index (χ2v) is 5.96. The van der Waals surface area contributed by atoms with E-state index in [9.17, 15) is 0 Å². The Labute approximate surface area is 141 Å². The number of hydrogen-bond donors (Lipinski definition) is 1. The van der Waals surface area contributed by atoms with Gasteiger partial charge in [-0.1, -0.05) is 29.8 Å². The zero-order valence-electron chi connectivity index (χ0n) is 11.4. The molecule has 0 saturated heterocycles. The Morgan fingerprint density at radius 1 is 1.00 bits per heavy atom. The molecule has 0 amide bonds. The molecule has 4 nitrogen and oxygen atoms in total. The van der Waals surface area contributed by atoms with E-state index in [-0.39, 0.29) is 6.04 Å². The summed E-state index contributed by atoms with van der Waals surface area (Å²) in [7, 11) is 0. The minimum absolute atomic E-state index is 0.180. The summed E-state index contributed by atoms with van der Waals surface area (Å²) in [4.78, 5) is 13.0. The number of nitrogens with zero attached hydrogens (tertiary/aromatic N) is 3. The van der Waals surface area contributed by atoms with Crippen molar-refractivity contribution in [1.82, 2.24) is 15.0 Å². The van der Waals surface area contributed by atoms with Crippen molar-refractivity contribution in [1.29, 1.82) is 0 Å². The minimum Gasteiger partial charge on any atom is -0.342 e. The fourth-order valence-electron chi connectivity index (χ4n) is 2.08. The van der Waals surface area contributed by atoms with Gasteiger partial charge >= 0.3 is 0 Å². The zero-order chi connectivity index (χ0) is 15.4. The molecule has 0 aliphatic carbocycles. The van der Waals surface area contributed by atoms with Gasteiger partial charge in [0.1, 0.15) is 0 Å². The van der Waals surface area contributed by atoms with E-state index in [0.29, 0.717) is 11.0 Å². The maximum atomic E-state index is 6.11. The van der Waals surface area contributed by atoms with Crippen LogP contribution >= 0.6 is 27.5 Å². The molecular weight excluding hydrogens is 364 g/mol. The number of aromatic nitrogens is 3. The van der Waals surface area contributed by atoms with Crippen LogP contribution < -0.4 is 5.32 Å². The lowest BCUT2D eigenvalue weighted by atomic mass is 10.0. The highest BCUT2D eigenvalue weighted by Gasteiger charge is 2.16. The van der Waals surface area contributed by atoms with Crippen LogP contribution in [0.4, 0.5) is 5.95 Å². The first kappa shape index (κ1) is 14.9. The maximum Gasteiger partial charge on any atom is 0.223 e. The molecule has 2 heterocycles. The Morgan fingerprint density at radius 3 is 2.50 bits per heavy atom. The molecule has 3 aromatic rings. The summed E-state index contributed by atoms with van der Waals surface area (Å²) in [5, 5.41) is 3.98. The topological polar surface area (TPSA) is 50.7 Å². The summed E-state index contributed by atoms with van der Waals surface area (Å²) in [6, 6.07) is 13.3. The van der Waals surface area contributed by atoms with E-state index in [1.807, 2.05) is 42.5 Å². The lowest BCUT2D eigenvalue weighted by Crippen LogP contribution is -2.15. The Hall–Kier alpha value is -1.98. The van der Waals surface area contributed by atoms with E-state index in [0.717, 1.165) is 15.7 Å². The van der Waals surface area contributed by atoms with E-state index in [4.69, 9.17) is 11.6 Å². The van der Waals surface area contributed by atoms with Crippen LogP contribution in [0.5, 0.6) is 0 Å². The molecule has 1 N–H and O–H groups in total. The smallest absolute Gasteiger partial charge is 0.223 e. The number of rotatable bonds is 4. The Bertz CT molecular complexity index is 750. The van der Waals surface area contributed by atoms with Gasteiger partial charge in [0.2, 0.25) is 5.95 Å².